The fraction of sp³-hybridized carbons (Fsp3) is 0.550. The van der Waals surface area contributed by atoms with E-state index in [-0.39, 0.29) is 11.9 Å². The summed E-state index contributed by atoms with van der Waals surface area (Å²) in [6, 6.07) is 5.86. The minimum absolute atomic E-state index is 0.210. The average molecular weight is 397 g/mol. The molecule has 0 radical (unpaired) electrons. The number of amides is 3. The van der Waals surface area contributed by atoms with Crippen LogP contribution in [0, 0.1) is 12.8 Å². The molecule has 1 aliphatic carbocycles. The molecule has 9 heteroatoms. The van der Waals surface area contributed by atoms with Crippen molar-refractivity contribution in [3.63, 3.8) is 0 Å². The van der Waals surface area contributed by atoms with E-state index in [1.54, 1.807) is 0 Å². The van der Waals surface area contributed by atoms with Crippen molar-refractivity contribution in [2.24, 2.45) is 5.92 Å². The standard InChI is InChI=1S/C20H27N7O2/c1-13-6-3-7-15(19-23-24-25-27(19)16-12-14(16)2)18(13)22-20(29)21-9-5-11-26-10-4-8-17(26)28/h3,6-7,14,16H,4-5,8-12H2,1-2H3,(H2,21,22,29)/t14-,16-/m1/s1. The number of nitrogens with zero attached hydrogens (tertiary/aromatic N) is 5. The van der Waals surface area contributed by atoms with E-state index in [2.05, 4.69) is 33.1 Å². The maximum atomic E-state index is 12.5. The number of anilines is 1. The van der Waals surface area contributed by atoms with Gasteiger partial charge in [-0.2, -0.15) is 0 Å². The van der Waals surface area contributed by atoms with Gasteiger partial charge < -0.3 is 15.5 Å². The molecular formula is C20H27N7O2. The molecule has 29 heavy (non-hydrogen) atoms. The lowest BCUT2D eigenvalue weighted by atomic mass is 10.1. The fourth-order valence-electron chi connectivity index (χ4n) is 3.83. The number of hydrogen-bond donors (Lipinski definition) is 2. The van der Waals surface area contributed by atoms with Crippen LogP contribution < -0.4 is 10.6 Å². The number of urea groups is 1. The Balaban J connectivity index is 1.39. The van der Waals surface area contributed by atoms with Gasteiger partial charge in [0.15, 0.2) is 5.82 Å². The highest BCUT2D eigenvalue weighted by Crippen LogP contribution is 2.44. The Morgan fingerprint density at radius 3 is 2.90 bits per heavy atom. The van der Waals surface area contributed by atoms with Gasteiger partial charge in [-0.1, -0.05) is 19.1 Å². The van der Waals surface area contributed by atoms with E-state index in [4.69, 9.17) is 0 Å². The first-order valence-electron chi connectivity index (χ1n) is 10.2. The number of benzene rings is 1. The summed E-state index contributed by atoms with van der Waals surface area (Å²) in [6.45, 7) is 6.14. The summed E-state index contributed by atoms with van der Waals surface area (Å²) in [5.41, 5.74) is 2.47. The molecule has 1 saturated carbocycles. The van der Waals surface area contributed by atoms with Crippen molar-refractivity contribution < 1.29 is 9.59 Å². The number of aryl methyl sites for hydroxylation is 1. The fourth-order valence-corrected chi connectivity index (χ4v) is 3.83. The molecule has 3 amide bonds. The topological polar surface area (TPSA) is 105 Å². The Hall–Kier alpha value is -2.97. The molecular weight excluding hydrogens is 370 g/mol. The molecule has 1 aromatic heterocycles. The van der Waals surface area contributed by atoms with Crippen LogP contribution in [0.4, 0.5) is 10.5 Å². The first-order chi connectivity index (χ1) is 14.0. The maximum absolute atomic E-state index is 12.5. The molecule has 9 nitrogen and oxygen atoms in total. The number of aromatic nitrogens is 4. The second kappa shape index (κ2) is 8.18. The monoisotopic (exact) mass is 397 g/mol. The lowest BCUT2D eigenvalue weighted by Gasteiger charge is -2.16. The SMILES string of the molecule is Cc1cccc(-c2nnnn2[C@@H]2C[C@H]2C)c1NC(=O)NCCCN1CCCC1=O. The highest BCUT2D eigenvalue weighted by molar-refractivity contribution is 5.94. The second-order valence-corrected chi connectivity index (χ2v) is 7.94. The van der Waals surface area contributed by atoms with Gasteiger partial charge in [0.2, 0.25) is 5.91 Å². The number of para-hydroxylation sites is 1. The smallest absolute Gasteiger partial charge is 0.319 e. The molecule has 2 aromatic rings. The molecule has 2 atom stereocenters. The van der Waals surface area contributed by atoms with E-state index in [1.165, 1.54) is 0 Å². The van der Waals surface area contributed by atoms with Gasteiger partial charge in [0.25, 0.3) is 0 Å². The number of rotatable bonds is 7. The van der Waals surface area contributed by atoms with Crippen molar-refractivity contribution >= 4 is 17.6 Å². The van der Waals surface area contributed by atoms with Gasteiger partial charge in [-0.05, 0) is 54.2 Å². The van der Waals surface area contributed by atoms with Crippen molar-refractivity contribution in [1.29, 1.82) is 0 Å². The van der Waals surface area contributed by atoms with Crippen LogP contribution in [-0.2, 0) is 4.79 Å². The van der Waals surface area contributed by atoms with Crippen molar-refractivity contribution in [1.82, 2.24) is 30.4 Å². The zero-order chi connectivity index (χ0) is 20.4. The van der Waals surface area contributed by atoms with Crippen LogP contribution in [0.15, 0.2) is 18.2 Å². The number of carbonyl (C=O) groups excluding carboxylic acids is 2. The highest BCUT2D eigenvalue weighted by Gasteiger charge is 2.37. The van der Waals surface area contributed by atoms with Crippen molar-refractivity contribution in [3.8, 4) is 11.4 Å². The number of carbonyl (C=O) groups is 2. The predicted molar refractivity (Wildman–Crippen MR) is 108 cm³/mol. The molecule has 2 aliphatic rings. The Morgan fingerprint density at radius 2 is 2.17 bits per heavy atom. The van der Waals surface area contributed by atoms with Crippen molar-refractivity contribution in [2.45, 2.75) is 45.6 Å². The summed E-state index contributed by atoms with van der Waals surface area (Å²) < 4.78 is 1.86. The molecule has 154 valence electrons. The van der Waals surface area contributed by atoms with Crippen LogP contribution in [-0.4, -0.2) is 56.7 Å². The molecule has 1 aromatic carbocycles. The zero-order valence-corrected chi connectivity index (χ0v) is 16.9. The predicted octanol–water partition coefficient (Wildman–Crippen LogP) is 2.36. The summed E-state index contributed by atoms with van der Waals surface area (Å²) in [5, 5.41) is 18.1. The molecule has 2 fully saturated rings. The summed E-state index contributed by atoms with van der Waals surface area (Å²) in [5.74, 6) is 1.44. The summed E-state index contributed by atoms with van der Waals surface area (Å²) in [7, 11) is 0. The third-order valence-electron chi connectivity index (χ3n) is 5.69. The Bertz CT molecular complexity index is 910. The van der Waals surface area contributed by atoms with E-state index in [0.29, 0.717) is 43.0 Å². The molecule has 2 heterocycles. The van der Waals surface area contributed by atoms with Crippen LogP contribution in [0.1, 0.15) is 44.2 Å². The van der Waals surface area contributed by atoms with Gasteiger partial charge in [0.1, 0.15) is 0 Å². The molecule has 1 aliphatic heterocycles. The minimum atomic E-state index is -0.271. The maximum Gasteiger partial charge on any atom is 0.319 e. The van der Waals surface area contributed by atoms with Crippen LogP contribution in [0.25, 0.3) is 11.4 Å². The number of likely N-dealkylation sites (tertiary alicyclic amines) is 1. The van der Waals surface area contributed by atoms with Gasteiger partial charge in [-0.15, -0.1) is 5.10 Å². The molecule has 2 N–H and O–H groups in total. The summed E-state index contributed by atoms with van der Waals surface area (Å²) in [6.07, 6.45) is 3.37. The summed E-state index contributed by atoms with van der Waals surface area (Å²) >= 11 is 0. The molecule has 4 rings (SSSR count). The van der Waals surface area contributed by atoms with Crippen molar-refractivity contribution in [3.05, 3.63) is 23.8 Å². The van der Waals surface area contributed by atoms with Gasteiger partial charge in [-0.3, -0.25) is 4.79 Å². The van der Waals surface area contributed by atoms with Gasteiger partial charge in [0, 0.05) is 31.6 Å². The highest BCUT2D eigenvalue weighted by atomic mass is 16.2. The van der Waals surface area contributed by atoms with E-state index < -0.39 is 0 Å². The van der Waals surface area contributed by atoms with Gasteiger partial charge in [0.05, 0.1) is 11.7 Å². The van der Waals surface area contributed by atoms with E-state index in [1.807, 2.05) is 34.7 Å². The Labute approximate surface area is 169 Å². The number of nitrogens with one attached hydrogen (secondary N) is 2. The van der Waals surface area contributed by atoms with E-state index in [9.17, 15) is 9.59 Å². The van der Waals surface area contributed by atoms with Crippen LogP contribution in [0.3, 0.4) is 0 Å². The Morgan fingerprint density at radius 1 is 1.34 bits per heavy atom. The number of tetrazole rings is 1. The average Bonchev–Trinajstić information content (AvgIpc) is 3.07. The molecule has 0 spiro atoms. The zero-order valence-electron chi connectivity index (χ0n) is 16.9. The van der Waals surface area contributed by atoms with Crippen molar-refractivity contribution in [2.75, 3.05) is 25.0 Å². The van der Waals surface area contributed by atoms with E-state index in [0.717, 1.165) is 36.9 Å². The lowest BCUT2D eigenvalue weighted by molar-refractivity contribution is -0.127. The molecule has 0 unspecified atom stereocenters. The van der Waals surface area contributed by atoms with Gasteiger partial charge >= 0.3 is 6.03 Å². The lowest BCUT2D eigenvalue weighted by Crippen LogP contribution is -2.33. The largest absolute Gasteiger partial charge is 0.343 e. The second-order valence-electron chi connectivity index (χ2n) is 7.94. The van der Waals surface area contributed by atoms with Gasteiger partial charge in [-0.25, -0.2) is 9.48 Å². The Kier molecular flexibility index (Phi) is 5.46. The number of hydrogen-bond acceptors (Lipinski definition) is 5. The quantitative estimate of drug-likeness (QED) is 0.698. The summed E-state index contributed by atoms with van der Waals surface area (Å²) in [4.78, 5) is 26.0. The first-order valence-corrected chi connectivity index (χ1v) is 10.2. The normalized spacial score (nSPS) is 20.8. The third kappa shape index (κ3) is 4.23. The first kappa shape index (κ1) is 19.4. The third-order valence-corrected chi connectivity index (χ3v) is 5.69. The molecule has 1 saturated heterocycles. The molecule has 0 bridgehead atoms. The van der Waals surface area contributed by atoms with Crippen LogP contribution in [0.2, 0.25) is 0 Å². The van der Waals surface area contributed by atoms with Crippen LogP contribution in [0.5, 0.6) is 0 Å². The van der Waals surface area contributed by atoms with E-state index >= 15 is 0 Å². The van der Waals surface area contributed by atoms with Crippen LogP contribution >= 0.6 is 0 Å². The minimum Gasteiger partial charge on any atom is -0.343 e.